The second-order valence-corrected chi connectivity index (χ2v) is 5.85. The molecule has 0 amide bonds. The first-order valence-corrected chi connectivity index (χ1v) is 7.61. The number of nitriles is 1. The van der Waals surface area contributed by atoms with Crippen molar-refractivity contribution in [1.82, 2.24) is 4.98 Å². The molecule has 2 unspecified atom stereocenters. The van der Waals surface area contributed by atoms with E-state index in [9.17, 15) is 5.26 Å². The van der Waals surface area contributed by atoms with Crippen LogP contribution in [0.5, 0.6) is 5.88 Å². The summed E-state index contributed by atoms with van der Waals surface area (Å²) in [5, 5.41) is 9.31. The minimum atomic E-state index is 0.118. The van der Waals surface area contributed by atoms with Crippen molar-refractivity contribution in [3.63, 3.8) is 0 Å². The fourth-order valence-corrected chi connectivity index (χ4v) is 3.36. The van der Waals surface area contributed by atoms with Gasteiger partial charge in [-0.05, 0) is 56.7 Å². The number of ether oxygens (including phenoxy) is 1. The monoisotopic (exact) mass is 271 g/mol. The second kappa shape index (κ2) is 5.80. The third kappa shape index (κ3) is 2.51. The van der Waals surface area contributed by atoms with Gasteiger partial charge >= 0.3 is 0 Å². The number of rotatable bonds is 3. The Morgan fingerprint density at radius 3 is 2.95 bits per heavy atom. The van der Waals surface area contributed by atoms with Crippen LogP contribution in [-0.2, 0) is 12.8 Å². The Hall–Kier alpha value is -1.60. The Morgan fingerprint density at radius 2 is 2.15 bits per heavy atom. The molecule has 4 nitrogen and oxygen atoms in total. The minimum Gasteiger partial charge on any atom is -0.473 e. The van der Waals surface area contributed by atoms with Crippen molar-refractivity contribution in [3.8, 4) is 11.9 Å². The predicted octanol–water partition coefficient (Wildman–Crippen LogP) is 2.34. The molecular weight excluding hydrogens is 250 g/mol. The fraction of sp³-hybridized carbons (Fsp3) is 0.625. The van der Waals surface area contributed by atoms with Gasteiger partial charge in [0.1, 0.15) is 17.7 Å². The molecule has 20 heavy (non-hydrogen) atoms. The summed E-state index contributed by atoms with van der Waals surface area (Å²) in [5.74, 6) is 0.920. The van der Waals surface area contributed by atoms with Gasteiger partial charge in [0.15, 0.2) is 0 Å². The number of aromatic nitrogens is 1. The number of nitrogens with zero attached hydrogens (tertiary/aromatic N) is 2. The van der Waals surface area contributed by atoms with Crippen molar-refractivity contribution < 1.29 is 4.74 Å². The van der Waals surface area contributed by atoms with E-state index in [1.807, 2.05) is 6.07 Å². The number of fused-ring (bicyclic) bond motifs is 1. The van der Waals surface area contributed by atoms with Gasteiger partial charge in [0, 0.05) is 11.6 Å². The van der Waals surface area contributed by atoms with Crippen LogP contribution < -0.4 is 10.5 Å². The Bertz CT molecular complexity index is 535. The summed E-state index contributed by atoms with van der Waals surface area (Å²) in [7, 11) is 0. The maximum absolute atomic E-state index is 9.31. The van der Waals surface area contributed by atoms with Crippen LogP contribution in [0.4, 0.5) is 0 Å². The van der Waals surface area contributed by atoms with Crippen LogP contribution in [0.1, 0.15) is 48.9 Å². The van der Waals surface area contributed by atoms with Crippen LogP contribution in [0.25, 0.3) is 0 Å². The van der Waals surface area contributed by atoms with Gasteiger partial charge in [0.2, 0.25) is 5.88 Å². The van der Waals surface area contributed by atoms with E-state index in [-0.39, 0.29) is 6.10 Å². The molecule has 0 saturated heterocycles. The molecule has 1 heterocycles. The van der Waals surface area contributed by atoms with Gasteiger partial charge in [-0.3, -0.25) is 0 Å². The lowest BCUT2D eigenvalue weighted by atomic mass is 9.86. The van der Waals surface area contributed by atoms with Crippen molar-refractivity contribution in [2.24, 2.45) is 11.7 Å². The van der Waals surface area contributed by atoms with Gasteiger partial charge < -0.3 is 10.5 Å². The zero-order valence-corrected chi connectivity index (χ0v) is 11.8. The lowest BCUT2D eigenvalue weighted by Gasteiger charge is -2.30. The molecule has 106 valence electrons. The molecule has 1 aromatic heterocycles. The van der Waals surface area contributed by atoms with E-state index in [0.717, 1.165) is 37.8 Å². The fourth-order valence-electron chi connectivity index (χ4n) is 3.36. The number of hydrogen-bond acceptors (Lipinski definition) is 4. The Labute approximate surface area is 119 Å². The van der Waals surface area contributed by atoms with E-state index in [2.05, 4.69) is 11.1 Å². The molecule has 3 rings (SSSR count). The van der Waals surface area contributed by atoms with Gasteiger partial charge in [-0.25, -0.2) is 4.98 Å². The third-order valence-electron chi connectivity index (χ3n) is 4.54. The SMILES string of the molecule is N#Cc1cc2c(nc1OC1CCCCC1CN)CCC2. The van der Waals surface area contributed by atoms with E-state index in [1.165, 1.54) is 18.4 Å². The maximum Gasteiger partial charge on any atom is 0.232 e. The quantitative estimate of drug-likeness (QED) is 0.916. The molecule has 0 aromatic carbocycles. The highest BCUT2D eigenvalue weighted by Gasteiger charge is 2.27. The summed E-state index contributed by atoms with van der Waals surface area (Å²) < 4.78 is 6.09. The standard InChI is InChI=1S/C16H21N3O/c17-9-12-4-1-2-7-15(12)20-16-13(10-18)8-11-5-3-6-14(11)19-16/h8,12,15H,1-7,9,17H2. The molecule has 2 aliphatic rings. The Kier molecular flexibility index (Phi) is 3.88. The normalized spacial score (nSPS) is 25.0. The molecule has 2 aliphatic carbocycles. The zero-order chi connectivity index (χ0) is 13.9. The molecular formula is C16H21N3O. The summed E-state index contributed by atoms with van der Waals surface area (Å²) >= 11 is 0. The Balaban J connectivity index is 1.84. The van der Waals surface area contributed by atoms with Crippen LogP contribution in [0.2, 0.25) is 0 Å². The minimum absolute atomic E-state index is 0.118. The number of hydrogen-bond donors (Lipinski definition) is 1. The first-order chi connectivity index (χ1) is 9.81. The van der Waals surface area contributed by atoms with Gasteiger partial charge in [-0.15, -0.1) is 0 Å². The first-order valence-electron chi connectivity index (χ1n) is 7.61. The largest absolute Gasteiger partial charge is 0.473 e. The highest BCUT2D eigenvalue weighted by molar-refractivity contribution is 5.44. The molecule has 1 fully saturated rings. The molecule has 0 aliphatic heterocycles. The topological polar surface area (TPSA) is 71.9 Å². The molecule has 0 bridgehead atoms. The maximum atomic E-state index is 9.31. The zero-order valence-electron chi connectivity index (χ0n) is 11.8. The number of pyridine rings is 1. The summed E-state index contributed by atoms with van der Waals surface area (Å²) in [4.78, 5) is 4.60. The molecule has 1 saturated carbocycles. The molecule has 0 spiro atoms. The van der Waals surface area contributed by atoms with Crippen molar-refractivity contribution in [1.29, 1.82) is 5.26 Å². The van der Waals surface area contributed by atoms with E-state index < -0.39 is 0 Å². The van der Waals surface area contributed by atoms with Gasteiger partial charge in [-0.2, -0.15) is 5.26 Å². The van der Waals surface area contributed by atoms with Gasteiger partial charge in [0.05, 0.1) is 0 Å². The van der Waals surface area contributed by atoms with Crippen LogP contribution in [0, 0.1) is 17.2 Å². The van der Waals surface area contributed by atoms with E-state index in [0.29, 0.717) is 23.9 Å². The van der Waals surface area contributed by atoms with Crippen LogP contribution >= 0.6 is 0 Å². The average Bonchev–Trinajstić information content (AvgIpc) is 2.94. The molecule has 0 radical (unpaired) electrons. The average molecular weight is 271 g/mol. The van der Waals surface area contributed by atoms with Gasteiger partial charge in [0.25, 0.3) is 0 Å². The van der Waals surface area contributed by atoms with Crippen LogP contribution in [0.15, 0.2) is 6.07 Å². The van der Waals surface area contributed by atoms with Crippen LogP contribution in [-0.4, -0.2) is 17.6 Å². The number of nitrogens with two attached hydrogens (primary N) is 1. The molecule has 2 N–H and O–H groups in total. The lowest BCUT2D eigenvalue weighted by Crippen LogP contribution is -2.35. The third-order valence-corrected chi connectivity index (χ3v) is 4.54. The number of aryl methyl sites for hydroxylation is 2. The van der Waals surface area contributed by atoms with Gasteiger partial charge in [-0.1, -0.05) is 6.42 Å². The lowest BCUT2D eigenvalue weighted by molar-refractivity contribution is 0.0918. The predicted molar refractivity (Wildman–Crippen MR) is 76.4 cm³/mol. The van der Waals surface area contributed by atoms with Crippen molar-refractivity contribution in [2.75, 3.05) is 6.54 Å². The molecule has 2 atom stereocenters. The van der Waals surface area contributed by atoms with E-state index in [4.69, 9.17) is 10.5 Å². The van der Waals surface area contributed by atoms with E-state index >= 15 is 0 Å². The first kappa shape index (κ1) is 13.4. The Morgan fingerprint density at radius 1 is 1.30 bits per heavy atom. The van der Waals surface area contributed by atoms with Crippen LogP contribution in [0.3, 0.4) is 0 Å². The molecule has 1 aromatic rings. The van der Waals surface area contributed by atoms with Crippen molar-refractivity contribution in [2.45, 2.75) is 51.0 Å². The second-order valence-electron chi connectivity index (χ2n) is 5.85. The highest BCUT2D eigenvalue weighted by atomic mass is 16.5. The van der Waals surface area contributed by atoms with Crippen molar-refractivity contribution in [3.05, 3.63) is 22.9 Å². The van der Waals surface area contributed by atoms with Crippen molar-refractivity contribution >= 4 is 0 Å². The summed E-state index contributed by atoms with van der Waals surface area (Å²) in [5.41, 5.74) is 8.74. The highest BCUT2D eigenvalue weighted by Crippen LogP contribution is 2.31. The summed E-state index contributed by atoms with van der Waals surface area (Å²) in [6.07, 6.45) is 7.82. The summed E-state index contributed by atoms with van der Waals surface area (Å²) in [6.45, 7) is 0.650. The molecule has 4 heteroatoms. The smallest absolute Gasteiger partial charge is 0.232 e. The van der Waals surface area contributed by atoms with E-state index in [1.54, 1.807) is 0 Å². The summed E-state index contributed by atoms with van der Waals surface area (Å²) in [6, 6.07) is 4.19.